The number of benzene rings is 1. The monoisotopic (exact) mass is 502 g/mol. The molecule has 2 aliphatic rings. The molecule has 2 heterocycles. The van der Waals surface area contributed by atoms with E-state index in [0.717, 1.165) is 48.5 Å². The number of fused-ring (bicyclic) bond motifs is 1. The summed E-state index contributed by atoms with van der Waals surface area (Å²) in [6.07, 6.45) is 6.02. The van der Waals surface area contributed by atoms with Crippen LogP contribution in [0.25, 0.3) is 0 Å². The maximum absolute atomic E-state index is 5.75. The number of piperidine rings is 1. The average Bonchev–Trinajstić information content (AvgIpc) is 2.92. The maximum atomic E-state index is 5.75. The van der Waals surface area contributed by atoms with Crippen molar-refractivity contribution < 1.29 is 9.47 Å². The van der Waals surface area contributed by atoms with Gasteiger partial charge >= 0.3 is 0 Å². The number of anilines is 1. The molecule has 158 valence electrons. The van der Waals surface area contributed by atoms with Gasteiger partial charge in [0.1, 0.15) is 0 Å². The van der Waals surface area contributed by atoms with Crippen LogP contribution in [0, 0.1) is 5.92 Å². The molecule has 2 aliphatic heterocycles. The standard InChI is InChI=1S/C21H34N4O2.HI/c1-17-7-5-12-25(16-17)11-4-3-10-23-21(22-2)24-18-8-9-19-20(15-18)27-14-6-13-26-19;/h8-9,15,17H,3-7,10-14,16H2,1-2H3,(H2,22,23,24);1H. The molecule has 0 aromatic heterocycles. The zero-order chi connectivity index (χ0) is 18.9. The summed E-state index contributed by atoms with van der Waals surface area (Å²) in [7, 11) is 1.80. The third-order valence-electron chi connectivity index (χ3n) is 5.17. The maximum Gasteiger partial charge on any atom is 0.195 e. The van der Waals surface area contributed by atoms with Gasteiger partial charge in [-0.15, -0.1) is 24.0 Å². The first-order valence-electron chi connectivity index (χ1n) is 10.3. The van der Waals surface area contributed by atoms with Crippen molar-refractivity contribution in [1.82, 2.24) is 10.2 Å². The van der Waals surface area contributed by atoms with Crippen LogP contribution in [0.1, 0.15) is 39.0 Å². The predicted octanol–water partition coefficient (Wildman–Crippen LogP) is 3.97. The molecule has 0 saturated carbocycles. The summed E-state index contributed by atoms with van der Waals surface area (Å²) >= 11 is 0. The van der Waals surface area contributed by atoms with Gasteiger partial charge in [0, 0.05) is 38.3 Å². The van der Waals surface area contributed by atoms with E-state index < -0.39 is 0 Å². The van der Waals surface area contributed by atoms with Crippen molar-refractivity contribution in [2.75, 3.05) is 51.8 Å². The van der Waals surface area contributed by atoms with Crippen LogP contribution in [0.5, 0.6) is 11.5 Å². The highest BCUT2D eigenvalue weighted by Gasteiger charge is 2.15. The summed E-state index contributed by atoms with van der Waals surface area (Å²) in [5.41, 5.74) is 0.953. The number of hydrogen-bond acceptors (Lipinski definition) is 4. The zero-order valence-corrected chi connectivity index (χ0v) is 19.5. The Kier molecular flexibility index (Phi) is 10.2. The first kappa shape index (κ1) is 23.1. The molecule has 0 amide bonds. The fraction of sp³-hybridized carbons (Fsp3) is 0.667. The lowest BCUT2D eigenvalue weighted by molar-refractivity contribution is 0.181. The number of halogens is 1. The number of unbranched alkanes of at least 4 members (excludes halogenated alkanes) is 1. The van der Waals surface area contributed by atoms with Gasteiger partial charge in [-0.25, -0.2) is 0 Å². The SMILES string of the molecule is CN=C(NCCCCN1CCCC(C)C1)Nc1ccc2c(c1)OCCCO2.I. The van der Waals surface area contributed by atoms with E-state index in [0.29, 0.717) is 13.2 Å². The minimum absolute atomic E-state index is 0. The highest BCUT2D eigenvalue weighted by atomic mass is 127. The van der Waals surface area contributed by atoms with Gasteiger partial charge in [0.2, 0.25) is 0 Å². The second-order valence-corrected chi connectivity index (χ2v) is 7.59. The van der Waals surface area contributed by atoms with Crippen molar-refractivity contribution in [3.63, 3.8) is 0 Å². The number of aliphatic imine (C=N–C) groups is 1. The highest BCUT2D eigenvalue weighted by molar-refractivity contribution is 14.0. The van der Waals surface area contributed by atoms with Gasteiger partial charge in [-0.3, -0.25) is 4.99 Å². The summed E-state index contributed by atoms with van der Waals surface area (Å²) in [5.74, 6) is 3.25. The molecule has 0 aliphatic carbocycles. The highest BCUT2D eigenvalue weighted by Crippen LogP contribution is 2.32. The molecule has 7 heteroatoms. The molecule has 0 bridgehead atoms. The Morgan fingerprint density at radius 1 is 1.18 bits per heavy atom. The van der Waals surface area contributed by atoms with Gasteiger partial charge in [-0.2, -0.15) is 0 Å². The van der Waals surface area contributed by atoms with E-state index in [1.807, 2.05) is 18.2 Å². The first-order valence-corrected chi connectivity index (χ1v) is 10.3. The Bertz CT molecular complexity index is 626. The second-order valence-electron chi connectivity index (χ2n) is 7.59. The molecule has 6 nitrogen and oxygen atoms in total. The molecular weight excluding hydrogens is 467 g/mol. The molecule has 1 aromatic carbocycles. The Hall–Kier alpha value is -1.22. The quantitative estimate of drug-likeness (QED) is 0.267. The van der Waals surface area contributed by atoms with Crippen molar-refractivity contribution in [2.24, 2.45) is 10.9 Å². The molecule has 2 N–H and O–H groups in total. The van der Waals surface area contributed by atoms with Gasteiger partial charge < -0.3 is 25.0 Å². The normalized spacial score (nSPS) is 20.1. The summed E-state index contributed by atoms with van der Waals surface area (Å²) in [4.78, 5) is 6.93. The van der Waals surface area contributed by atoms with Gasteiger partial charge in [-0.1, -0.05) is 6.92 Å². The minimum atomic E-state index is 0. The Labute approximate surface area is 186 Å². The van der Waals surface area contributed by atoms with Crippen LogP contribution in [-0.2, 0) is 0 Å². The number of nitrogens with zero attached hydrogens (tertiary/aromatic N) is 2. The van der Waals surface area contributed by atoms with E-state index in [9.17, 15) is 0 Å². The molecule has 1 unspecified atom stereocenters. The molecule has 0 radical (unpaired) electrons. The molecule has 1 aromatic rings. The summed E-state index contributed by atoms with van der Waals surface area (Å²) in [5, 5.41) is 6.74. The van der Waals surface area contributed by atoms with Crippen LogP contribution >= 0.6 is 24.0 Å². The summed E-state index contributed by atoms with van der Waals surface area (Å²) in [6.45, 7) is 8.43. The third kappa shape index (κ3) is 7.31. The van der Waals surface area contributed by atoms with Crippen LogP contribution in [0.2, 0.25) is 0 Å². The van der Waals surface area contributed by atoms with E-state index in [1.54, 1.807) is 7.05 Å². The fourth-order valence-electron chi connectivity index (χ4n) is 3.71. The molecular formula is C21H35IN4O2. The van der Waals surface area contributed by atoms with E-state index in [-0.39, 0.29) is 24.0 Å². The molecule has 1 saturated heterocycles. The van der Waals surface area contributed by atoms with Crippen molar-refractivity contribution in [3.05, 3.63) is 18.2 Å². The van der Waals surface area contributed by atoms with Gasteiger partial charge in [0.25, 0.3) is 0 Å². The van der Waals surface area contributed by atoms with E-state index in [1.165, 1.54) is 38.9 Å². The van der Waals surface area contributed by atoms with Gasteiger partial charge in [0.05, 0.1) is 13.2 Å². The summed E-state index contributed by atoms with van der Waals surface area (Å²) < 4.78 is 11.4. The molecule has 1 atom stereocenters. The van der Waals surface area contributed by atoms with Crippen LogP contribution in [0.3, 0.4) is 0 Å². The van der Waals surface area contributed by atoms with E-state index in [4.69, 9.17) is 9.47 Å². The number of likely N-dealkylation sites (tertiary alicyclic amines) is 1. The van der Waals surface area contributed by atoms with Crippen molar-refractivity contribution in [1.29, 1.82) is 0 Å². The van der Waals surface area contributed by atoms with Crippen LogP contribution in [0.4, 0.5) is 5.69 Å². The van der Waals surface area contributed by atoms with Gasteiger partial charge in [-0.05, 0) is 56.8 Å². The smallest absolute Gasteiger partial charge is 0.195 e. The average molecular weight is 502 g/mol. The lowest BCUT2D eigenvalue weighted by atomic mass is 10.0. The third-order valence-corrected chi connectivity index (χ3v) is 5.17. The Balaban J connectivity index is 0.00000280. The minimum Gasteiger partial charge on any atom is -0.490 e. The Morgan fingerprint density at radius 3 is 2.79 bits per heavy atom. The lowest BCUT2D eigenvalue weighted by Gasteiger charge is -2.30. The molecule has 3 rings (SSSR count). The lowest BCUT2D eigenvalue weighted by Crippen LogP contribution is -2.35. The number of hydrogen-bond donors (Lipinski definition) is 2. The molecule has 1 fully saturated rings. The molecule has 0 spiro atoms. The van der Waals surface area contributed by atoms with E-state index >= 15 is 0 Å². The number of guanidine groups is 1. The second kappa shape index (κ2) is 12.4. The fourth-order valence-corrected chi connectivity index (χ4v) is 3.71. The van der Waals surface area contributed by atoms with Crippen molar-refractivity contribution >= 4 is 35.6 Å². The topological polar surface area (TPSA) is 58.1 Å². The van der Waals surface area contributed by atoms with Crippen LogP contribution in [0.15, 0.2) is 23.2 Å². The summed E-state index contributed by atoms with van der Waals surface area (Å²) in [6, 6.07) is 5.93. The number of rotatable bonds is 6. The molecule has 28 heavy (non-hydrogen) atoms. The van der Waals surface area contributed by atoms with Crippen LogP contribution < -0.4 is 20.1 Å². The number of nitrogens with one attached hydrogen (secondary N) is 2. The zero-order valence-electron chi connectivity index (χ0n) is 17.2. The number of ether oxygens (including phenoxy) is 2. The van der Waals surface area contributed by atoms with Crippen molar-refractivity contribution in [3.8, 4) is 11.5 Å². The van der Waals surface area contributed by atoms with Gasteiger partial charge in [0.15, 0.2) is 17.5 Å². The largest absolute Gasteiger partial charge is 0.490 e. The van der Waals surface area contributed by atoms with E-state index in [2.05, 4.69) is 27.4 Å². The predicted molar refractivity (Wildman–Crippen MR) is 127 cm³/mol. The Morgan fingerprint density at radius 2 is 2.00 bits per heavy atom. The van der Waals surface area contributed by atoms with Crippen molar-refractivity contribution in [2.45, 2.75) is 39.0 Å². The van der Waals surface area contributed by atoms with Crippen LogP contribution in [-0.4, -0.2) is 57.3 Å². The first-order chi connectivity index (χ1) is 13.2.